The second-order valence-corrected chi connectivity index (χ2v) is 5.88. The molecule has 0 aliphatic heterocycles. The highest BCUT2D eigenvalue weighted by molar-refractivity contribution is 9.10. The Morgan fingerprint density at radius 1 is 1.33 bits per heavy atom. The molecule has 3 nitrogen and oxygen atoms in total. The molecule has 2 N–H and O–H groups in total. The fourth-order valence-electron chi connectivity index (χ4n) is 2.62. The van der Waals surface area contributed by atoms with Crippen molar-refractivity contribution >= 4 is 27.5 Å². The van der Waals surface area contributed by atoms with Crippen molar-refractivity contribution in [2.24, 2.45) is 5.73 Å². The number of methoxy groups -OCH3 is 2. The van der Waals surface area contributed by atoms with E-state index in [0.29, 0.717) is 23.1 Å². The Labute approximate surface area is 121 Å². The first-order valence-corrected chi connectivity index (χ1v) is 7.07. The number of hydrogen-bond acceptors (Lipinski definition) is 3. The normalized spacial score (nSPS) is 17.2. The molecule has 0 saturated heterocycles. The van der Waals surface area contributed by atoms with Crippen LogP contribution in [0.5, 0.6) is 11.5 Å². The first kappa shape index (κ1) is 14.0. The molecule has 0 amide bonds. The highest BCUT2D eigenvalue weighted by atomic mass is 79.9. The molecule has 18 heavy (non-hydrogen) atoms. The molecule has 0 heterocycles. The second kappa shape index (κ2) is 5.27. The third-order valence-electron chi connectivity index (χ3n) is 3.78. The van der Waals surface area contributed by atoms with E-state index in [4.69, 9.17) is 26.8 Å². The Balaban J connectivity index is 2.65. The van der Waals surface area contributed by atoms with Gasteiger partial charge >= 0.3 is 0 Å². The maximum absolute atomic E-state index is 6.40. The van der Waals surface area contributed by atoms with E-state index in [1.54, 1.807) is 14.2 Å². The molecular weight excluding hydrogens is 318 g/mol. The number of ether oxygens (including phenoxy) is 2. The molecule has 1 aliphatic carbocycles. The van der Waals surface area contributed by atoms with E-state index in [9.17, 15) is 0 Å². The van der Waals surface area contributed by atoms with Gasteiger partial charge in [0.25, 0.3) is 0 Å². The van der Waals surface area contributed by atoms with Crippen LogP contribution >= 0.6 is 27.5 Å². The molecule has 0 bridgehead atoms. The zero-order valence-electron chi connectivity index (χ0n) is 10.6. The van der Waals surface area contributed by atoms with Crippen molar-refractivity contribution in [3.05, 3.63) is 21.1 Å². The molecule has 1 aliphatic rings. The van der Waals surface area contributed by atoms with Crippen molar-refractivity contribution in [1.29, 1.82) is 0 Å². The molecule has 1 saturated carbocycles. The van der Waals surface area contributed by atoms with Crippen LogP contribution < -0.4 is 15.2 Å². The minimum absolute atomic E-state index is 0.0591. The average molecular weight is 335 g/mol. The van der Waals surface area contributed by atoms with E-state index in [-0.39, 0.29) is 5.41 Å². The zero-order chi connectivity index (χ0) is 13.3. The van der Waals surface area contributed by atoms with E-state index >= 15 is 0 Å². The van der Waals surface area contributed by atoms with Gasteiger partial charge in [0.2, 0.25) is 0 Å². The largest absolute Gasteiger partial charge is 0.492 e. The maximum atomic E-state index is 6.40. The third kappa shape index (κ3) is 2.00. The van der Waals surface area contributed by atoms with Crippen LogP contribution in [0.15, 0.2) is 10.5 Å². The summed E-state index contributed by atoms with van der Waals surface area (Å²) in [6.07, 6.45) is 3.27. The van der Waals surface area contributed by atoms with Gasteiger partial charge in [0.15, 0.2) is 11.5 Å². The van der Waals surface area contributed by atoms with Crippen LogP contribution in [0.4, 0.5) is 0 Å². The fourth-order valence-corrected chi connectivity index (χ4v) is 3.72. The van der Waals surface area contributed by atoms with Gasteiger partial charge in [-0.25, -0.2) is 0 Å². The molecule has 0 unspecified atom stereocenters. The summed E-state index contributed by atoms with van der Waals surface area (Å²) >= 11 is 9.84. The van der Waals surface area contributed by atoms with Gasteiger partial charge in [-0.15, -0.1) is 0 Å². The van der Waals surface area contributed by atoms with Crippen LogP contribution in [-0.2, 0) is 5.41 Å². The Morgan fingerprint density at radius 3 is 2.33 bits per heavy atom. The predicted octanol–water partition coefficient (Wildman–Crippen LogP) is 3.50. The molecule has 2 rings (SSSR count). The number of nitrogens with two attached hydrogens (primary N) is 1. The summed E-state index contributed by atoms with van der Waals surface area (Å²) in [6.45, 7) is 0.577. The van der Waals surface area contributed by atoms with Crippen LogP contribution in [-0.4, -0.2) is 20.8 Å². The third-order valence-corrected chi connectivity index (χ3v) is 4.67. The number of rotatable bonds is 4. The minimum Gasteiger partial charge on any atom is -0.492 e. The van der Waals surface area contributed by atoms with Gasteiger partial charge in [-0.2, -0.15) is 0 Å². The molecule has 0 radical (unpaired) electrons. The van der Waals surface area contributed by atoms with E-state index < -0.39 is 0 Å². The van der Waals surface area contributed by atoms with Crippen LogP contribution in [0.2, 0.25) is 5.02 Å². The molecular formula is C13H17BrClNO2. The molecule has 5 heteroatoms. The van der Waals surface area contributed by atoms with Crippen molar-refractivity contribution in [1.82, 2.24) is 0 Å². The number of benzene rings is 1. The first-order chi connectivity index (χ1) is 8.59. The van der Waals surface area contributed by atoms with Crippen molar-refractivity contribution in [2.75, 3.05) is 20.8 Å². The Kier molecular flexibility index (Phi) is 4.09. The molecule has 0 aromatic heterocycles. The van der Waals surface area contributed by atoms with Gasteiger partial charge in [0, 0.05) is 22.5 Å². The summed E-state index contributed by atoms with van der Waals surface area (Å²) in [6, 6.07) is 1.86. The van der Waals surface area contributed by atoms with Gasteiger partial charge in [-0.3, -0.25) is 0 Å². The van der Waals surface area contributed by atoms with Gasteiger partial charge in [0.1, 0.15) is 0 Å². The lowest BCUT2D eigenvalue weighted by molar-refractivity contribution is 0.240. The quantitative estimate of drug-likeness (QED) is 0.916. The van der Waals surface area contributed by atoms with E-state index in [0.717, 1.165) is 22.9 Å². The Hall–Kier alpha value is -0.450. The lowest BCUT2D eigenvalue weighted by Gasteiger charge is -2.42. The van der Waals surface area contributed by atoms with Crippen molar-refractivity contribution in [3.8, 4) is 11.5 Å². The van der Waals surface area contributed by atoms with Crippen LogP contribution in [0.1, 0.15) is 24.8 Å². The monoisotopic (exact) mass is 333 g/mol. The summed E-state index contributed by atoms with van der Waals surface area (Å²) in [5, 5.41) is 0.685. The second-order valence-electron chi connectivity index (χ2n) is 4.62. The molecule has 100 valence electrons. The van der Waals surface area contributed by atoms with E-state index in [2.05, 4.69) is 15.9 Å². The lowest BCUT2D eigenvalue weighted by atomic mass is 9.64. The Morgan fingerprint density at radius 2 is 1.94 bits per heavy atom. The summed E-state index contributed by atoms with van der Waals surface area (Å²) in [4.78, 5) is 0. The smallest absolute Gasteiger partial charge is 0.175 e. The average Bonchev–Trinajstić information content (AvgIpc) is 2.30. The molecule has 0 spiro atoms. The zero-order valence-corrected chi connectivity index (χ0v) is 12.9. The van der Waals surface area contributed by atoms with Gasteiger partial charge in [0.05, 0.1) is 18.7 Å². The predicted molar refractivity (Wildman–Crippen MR) is 76.8 cm³/mol. The standard InChI is InChI=1S/C13H17BrClNO2/c1-17-11-8(14)6-9(15)10(12(11)18-2)13(7-16)4-3-5-13/h6H,3-5,7,16H2,1-2H3. The Bertz CT molecular complexity index is 455. The SMILES string of the molecule is COc1c(Br)cc(Cl)c(C2(CN)CCC2)c1OC. The number of halogens is 2. The van der Waals surface area contributed by atoms with Crippen LogP contribution in [0.25, 0.3) is 0 Å². The van der Waals surface area contributed by atoms with E-state index in [1.165, 1.54) is 6.42 Å². The molecule has 0 atom stereocenters. The molecule has 1 fully saturated rings. The summed E-state index contributed by atoms with van der Waals surface area (Å²) in [5.74, 6) is 1.37. The van der Waals surface area contributed by atoms with Gasteiger partial charge in [-0.05, 0) is 34.8 Å². The summed E-state index contributed by atoms with van der Waals surface area (Å²) in [5.41, 5.74) is 6.88. The highest BCUT2D eigenvalue weighted by Crippen LogP contribution is 2.53. The highest BCUT2D eigenvalue weighted by Gasteiger charge is 2.42. The summed E-state index contributed by atoms with van der Waals surface area (Å²) in [7, 11) is 3.25. The first-order valence-electron chi connectivity index (χ1n) is 5.90. The van der Waals surface area contributed by atoms with Crippen LogP contribution in [0.3, 0.4) is 0 Å². The lowest BCUT2D eigenvalue weighted by Crippen LogP contribution is -2.42. The van der Waals surface area contributed by atoms with E-state index in [1.807, 2.05) is 6.07 Å². The minimum atomic E-state index is -0.0591. The van der Waals surface area contributed by atoms with Gasteiger partial charge < -0.3 is 15.2 Å². The number of hydrogen-bond donors (Lipinski definition) is 1. The topological polar surface area (TPSA) is 44.5 Å². The molecule has 1 aromatic carbocycles. The fraction of sp³-hybridized carbons (Fsp3) is 0.538. The van der Waals surface area contributed by atoms with Crippen molar-refractivity contribution in [3.63, 3.8) is 0 Å². The maximum Gasteiger partial charge on any atom is 0.175 e. The van der Waals surface area contributed by atoms with Gasteiger partial charge in [-0.1, -0.05) is 18.0 Å². The summed E-state index contributed by atoms with van der Waals surface area (Å²) < 4.78 is 11.7. The molecule has 1 aromatic rings. The van der Waals surface area contributed by atoms with Crippen molar-refractivity contribution in [2.45, 2.75) is 24.7 Å². The van der Waals surface area contributed by atoms with Crippen LogP contribution in [0, 0.1) is 0 Å². The van der Waals surface area contributed by atoms with Crippen molar-refractivity contribution < 1.29 is 9.47 Å².